The number of likely N-dealkylation sites (N-methyl/N-ethyl adjacent to an activating group) is 1. The summed E-state index contributed by atoms with van der Waals surface area (Å²) in [6.45, 7) is 11.8. The van der Waals surface area contributed by atoms with Gasteiger partial charge in [-0.1, -0.05) is 19.9 Å². The molecule has 1 aliphatic rings. The van der Waals surface area contributed by atoms with Gasteiger partial charge in [-0.2, -0.15) is 0 Å². The fourth-order valence-electron chi connectivity index (χ4n) is 2.29. The SMILES string of the molecule is CCNCc1cccc(N2CCN(CC)CC2)n1. The van der Waals surface area contributed by atoms with Gasteiger partial charge in [0.25, 0.3) is 0 Å². The van der Waals surface area contributed by atoms with E-state index in [1.807, 2.05) is 0 Å². The quantitative estimate of drug-likeness (QED) is 0.852. The van der Waals surface area contributed by atoms with Crippen molar-refractivity contribution in [3.63, 3.8) is 0 Å². The number of nitrogens with one attached hydrogen (secondary N) is 1. The Hall–Kier alpha value is -1.13. The summed E-state index contributed by atoms with van der Waals surface area (Å²) in [6, 6.07) is 6.33. The number of aromatic nitrogens is 1. The molecule has 2 rings (SSSR count). The molecule has 1 aromatic heterocycles. The van der Waals surface area contributed by atoms with Crippen LogP contribution in [0.2, 0.25) is 0 Å². The molecule has 0 bridgehead atoms. The number of rotatable bonds is 5. The highest BCUT2D eigenvalue weighted by atomic mass is 15.3. The molecule has 4 nitrogen and oxygen atoms in total. The van der Waals surface area contributed by atoms with Crippen LogP contribution in [-0.4, -0.2) is 49.2 Å². The lowest BCUT2D eigenvalue weighted by molar-refractivity contribution is 0.270. The first-order chi connectivity index (χ1) is 8.83. The van der Waals surface area contributed by atoms with E-state index in [1.165, 1.54) is 0 Å². The van der Waals surface area contributed by atoms with Crippen molar-refractivity contribution in [2.75, 3.05) is 44.2 Å². The zero-order valence-corrected chi connectivity index (χ0v) is 11.5. The number of hydrogen-bond donors (Lipinski definition) is 1. The predicted octanol–water partition coefficient (Wildman–Crippen LogP) is 1.33. The predicted molar refractivity (Wildman–Crippen MR) is 75.9 cm³/mol. The van der Waals surface area contributed by atoms with E-state index >= 15 is 0 Å². The lowest BCUT2D eigenvalue weighted by Gasteiger charge is -2.34. The van der Waals surface area contributed by atoms with Crippen LogP contribution in [0, 0.1) is 0 Å². The van der Waals surface area contributed by atoms with E-state index in [1.54, 1.807) is 0 Å². The molecule has 2 heterocycles. The molecule has 0 atom stereocenters. The third-order valence-corrected chi connectivity index (χ3v) is 3.49. The van der Waals surface area contributed by atoms with Gasteiger partial charge in [-0.3, -0.25) is 0 Å². The Kier molecular flexibility index (Phi) is 4.96. The van der Waals surface area contributed by atoms with Crippen LogP contribution < -0.4 is 10.2 Å². The standard InChI is InChI=1S/C14H24N4/c1-3-15-12-13-6-5-7-14(16-13)18-10-8-17(4-2)9-11-18/h5-7,15H,3-4,8-12H2,1-2H3. The molecule has 0 aromatic carbocycles. The largest absolute Gasteiger partial charge is 0.354 e. The molecule has 0 unspecified atom stereocenters. The normalized spacial score (nSPS) is 17.1. The maximum absolute atomic E-state index is 4.73. The number of anilines is 1. The van der Waals surface area contributed by atoms with E-state index in [0.29, 0.717) is 0 Å². The monoisotopic (exact) mass is 248 g/mol. The topological polar surface area (TPSA) is 31.4 Å². The molecule has 4 heteroatoms. The maximum atomic E-state index is 4.73. The van der Waals surface area contributed by atoms with Crippen LogP contribution in [-0.2, 0) is 6.54 Å². The molecule has 0 spiro atoms. The number of hydrogen-bond acceptors (Lipinski definition) is 4. The van der Waals surface area contributed by atoms with Crippen molar-refractivity contribution in [2.24, 2.45) is 0 Å². The van der Waals surface area contributed by atoms with Crippen LogP contribution >= 0.6 is 0 Å². The van der Waals surface area contributed by atoms with Crippen molar-refractivity contribution in [3.8, 4) is 0 Å². The molecule has 0 radical (unpaired) electrons. The van der Waals surface area contributed by atoms with Crippen LogP contribution in [0.15, 0.2) is 18.2 Å². The van der Waals surface area contributed by atoms with E-state index in [9.17, 15) is 0 Å². The van der Waals surface area contributed by atoms with Crippen LogP contribution in [0.3, 0.4) is 0 Å². The van der Waals surface area contributed by atoms with Crippen molar-refractivity contribution in [3.05, 3.63) is 23.9 Å². The van der Waals surface area contributed by atoms with Gasteiger partial charge < -0.3 is 15.1 Å². The molecule has 1 aromatic rings. The Morgan fingerprint density at radius 1 is 1.17 bits per heavy atom. The highest BCUT2D eigenvalue weighted by molar-refractivity contribution is 5.39. The molecule has 0 aliphatic carbocycles. The van der Waals surface area contributed by atoms with Gasteiger partial charge in [-0.05, 0) is 25.2 Å². The zero-order chi connectivity index (χ0) is 12.8. The summed E-state index contributed by atoms with van der Waals surface area (Å²) in [5, 5.41) is 3.32. The smallest absolute Gasteiger partial charge is 0.128 e. The lowest BCUT2D eigenvalue weighted by atomic mass is 10.3. The van der Waals surface area contributed by atoms with Gasteiger partial charge in [0.2, 0.25) is 0 Å². The number of piperazine rings is 1. The minimum atomic E-state index is 0.860. The second-order valence-corrected chi connectivity index (χ2v) is 4.69. The molecular formula is C14H24N4. The summed E-state index contributed by atoms with van der Waals surface area (Å²) in [5.41, 5.74) is 1.13. The van der Waals surface area contributed by atoms with Gasteiger partial charge >= 0.3 is 0 Å². The van der Waals surface area contributed by atoms with Crippen LogP contribution in [0.25, 0.3) is 0 Å². The molecule has 18 heavy (non-hydrogen) atoms. The first-order valence-electron chi connectivity index (χ1n) is 6.97. The van der Waals surface area contributed by atoms with Crippen molar-refractivity contribution in [1.29, 1.82) is 0 Å². The summed E-state index contributed by atoms with van der Waals surface area (Å²) < 4.78 is 0. The average Bonchev–Trinajstić information content (AvgIpc) is 2.45. The first kappa shape index (κ1) is 13.3. The molecule has 1 fully saturated rings. The zero-order valence-electron chi connectivity index (χ0n) is 11.5. The van der Waals surface area contributed by atoms with Crippen molar-refractivity contribution in [2.45, 2.75) is 20.4 Å². The highest BCUT2D eigenvalue weighted by Gasteiger charge is 2.16. The van der Waals surface area contributed by atoms with E-state index in [2.05, 4.69) is 47.2 Å². The van der Waals surface area contributed by atoms with Gasteiger partial charge in [0.1, 0.15) is 5.82 Å². The fourth-order valence-corrected chi connectivity index (χ4v) is 2.29. The summed E-state index contributed by atoms with van der Waals surface area (Å²) in [5.74, 6) is 1.13. The van der Waals surface area contributed by atoms with Crippen LogP contribution in [0.1, 0.15) is 19.5 Å². The van der Waals surface area contributed by atoms with E-state index < -0.39 is 0 Å². The van der Waals surface area contributed by atoms with E-state index in [0.717, 1.165) is 57.3 Å². The molecule has 0 saturated carbocycles. The fraction of sp³-hybridized carbons (Fsp3) is 0.643. The Morgan fingerprint density at radius 3 is 2.61 bits per heavy atom. The number of nitrogens with zero attached hydrogens (tertiary/aromatic N) is 3. The lowest BCUT2D eigenvalue weighted by Crippen LogP contribution is -2.46. The van der Waals surface area contributed by atoms with Gasteiger partial charge in [-0.25, -0.2) is 4.98 Å². The highest BCUT2D eigenvalue weighted by Crippen LogP contribution is 2.14. The number of pyridine rings is 1. The van der Waals surface area contributed by atoms with Gasteiger partial charge in [0, 0.05) is 32.7 Å². The second kappa shape index (κ2) is 6.71. The van der Waals surface area contributed by atoms with Gasteiger partial charge in [0.15, 0.2) is 0 Å². The first-order valence-corrected chi connectivity index (χ1v) is 6.97. The molecule has 1 saturated heterocycles. The van der Waals surface area contributed by atoms with Gasteiger partial charge in [-0.15, -0.1) is 0 Å². The maximum Gasteiger partial charge on any atom is 0.128 e. The summed E-state index contributed by atoms with van der Waals surface area (Å²) in [6.07, 6.45) is 0. The minimum absolute atomic E-state index is 0.860. The molecule has 0 amide bonds. The summed E-state index contributed by atoms with van der Waals surface area (Å²) in [4.78, 5) is 9.61. The molecular weight excluding hydrogens is 224 g/mol. The molecule has 1 N–H and O–H groups in total. The molecule has 100 valence electrons. The van der Waals surface area contributed by atoms with Crippen LogP contribution in [0.4, 0.5) is 5.82 Å². The Bertz CT molecular complexity index is 359. The Balaban J connectivity index is 1.96. The summed E-state index contributed by atoms with van der Waals surface area (Å²) >= 11 is 0. The van der Waals surface area contributed by atoms with Crippen molar-refractivity contribution in [1.82, 2.24) is 15.2 Å². The third kappa shape index (κ3) is 3.43. The third-order valence-electron chi connectivity index (χ3n) is 3.49. The average molecular weight is 248 g/mol. The Labute approximate surface area is 110 Å². The van der Waals surface area contributed by atoms with E-state index in [-0.39, 0.29) is 0 Å². The van der Waals surface area contributed by atoms with Gasteiger partial charge in [0.05, 0.1) is 5.69 Å². The minimum Gasteiger partial charge on any atom is -0.354 e. The second-order valence-electron chi connectivity index (χ2n) is 4.69. The summed E-state index contributed by atoms with van der Waals surface area (Å²) in [7, 11) is 0. The molecule has 1 aliphatic heterocycles. The van der Waals surface area contributed by atoms with Crippen molar-refractivity contribution < 1.29 is 0 Å². The van der Waals surface area contributed by atoms with E-state index in [4.69, 9.17) is 4.98 Å². The van der Waals surface area contributed by atoms with Crippen LogP contribution in [0.5, 0.6) is 0 Å². The van der Waals surface area contributed by atoms with Crippen molar-refractivity contribution >= 4 is 5.82 Å². The Morgan fingerprint density at radius 2 is 1.94 bits per heavy atom.